The maximum Gasteiger partial charge on any atom is 0.117 e. The van der Waals surface area contributed by atoms with Crippen LogP contribution in [-0.2, 0) is 16.0 Å². The van der Waals surface area contributed by atoms with Gasteiger partial charge in [0.1, 0.15) is 11.4 Å². The fourth-order valence-corrected chi connectivity index (χ4v) is 3.19. The molecule has 116 valence electrons. The van der Waals surface area contributed by atoms with Crippen LogP contribution in [0.3, 0.4) is 0 Å². The molecule has 21 heavy (non-hydrogen) atoms. The number of hydrogen-bond donors (Lipinski definition) is 0. The van der Waals surface area contributed by atoms with Crippen LogP contribution in [0.4, 0.5) is 0 Å². The molecule has 1 atom stereocenters. The number of hydrogen-bond acceptors (Lipinski definition) is 5. The Kier molecular flexibility index (Phi) is 4.75. The zero-order chi connectivity index (χ0) is 14.5. The smallest absolute Gasteiger partial charge is 0.117 e. The molecule has 5 nitrogen and oxygen atoms in total. The van der Waals surface area contributed by atoms with E-state index in [1.54, 1.807) is 6.26 Å². The molecule has 0 aliphatic carbocycles. The molecule has 2 fully saturated rings. The van der Waals surface area contributed by atoms with Crippen LogP contribution in [0, 0.1) is 0 Å². The molecular weight excluding hydrogens is 268 g/mol. The largest absolute Gasteiger partial charge is 0.468 e. The third kappa shape index (κ3) is 3.74. The summed E-state index contributed by atoms with van der Waals surface area (Å²) in [5.74, 6) is 1.00. The van der Waals surface area contributed by atoms with Gasteiger partial charge in [0.2, 0.25) is 0 Å². The van der Waals surface area contributed by atoms with Gasteiger partial charge in [-0.2, -0.15) is 0 Å². The molecule has 0 radical (unpaired) electrons. The standard InChI is InChI=1S/C16H24N2O3/c1-2-5-17-6-9-19-14-16(12-17)13-18(7-10-21-16)11-15-4-3-8-20-15/h2-4,8H,1,5-7,9-14H2/t16-/m0/s1. The molecule has 1 aromatic heterocycles. The molecule has 1 spiro atoms. The molecule has 5 heteroatoms. The Morgan fingerprint density at radius 2 is 2.10 bits per heavy atom. The fourth-order valence-electron chi connectivity index (χ4n) is 3.19. The Bertz CT molecular complexity index is 448. The van der Waals surface area contributed by atoms with E-state index >= 15 is 0 Å². The zero-order valence-electron chi connectivity index (χ0n) is 12.5. The van der Waals surface area contributed by atoms with E-state index in [-0.39, 0.29) is 5.60 Å². The zero-order valence-corrected chi connectivity index (χ0v) is 12.5. The van der Waals surface area contributed by atoms with E-state index in [2.05, 4.69) is 16.4 Å². The van der Waals surface area contributed by atoms with E-state index in [4.69, 9.17) is 13.9 Å². The Morgan fingerprint density at radius 1 is 1.24 bits per heavy atom. The average molecular weight is 292 g/mol. The highest BCUT2D eigenvalue weighted by atomic mass is 16.5. The van der Waals surface area contributed by atoms with E-state index in [1.807, 2.05) is 18.2 Å². The summed E-state index contributed by atoms with van der Waals surface area (Å²) < 4.78 is 17.4. The highest BCUT2D eigenvalue weighted by molar-refractivity contribution is 5.00. The summed E-state index contributed by atoms with van der Waals surface area (Å²) in [5.41, 5.74) is -0.232. The van der Waals surface area contributed by atoms with Gasteiger partial charge >= 0.3 is 0 Å². The van der Waals surface area contributed by atoms with Crippen molar-refractivity contribution in [2.75, 3.05) is 52.5 Å². The highest BCUT2D eigenvalue weighted by Crippen LogP contribution is 2.23. The van der Waals surface area contributed by atoms with Gasteiger partial charge in [0.05, 0.1) is 32.6 Å². The average Bonchev–Trinajstić information content (AvgIpc) is 2.90. The van der Waals surface area contributed by atoms with Crippen LogP contribution in [0.25, 0.3) is 0 Å². The van der Waals surface area contributed by atoms with Gasteiger partial charge in [0.15, 0.2) is 0 Å². The Labute approximate surface area is 126 Å². The van der Waals surface area contributed by atoms with Gasteiger partial charge in [0.25, 0.3) is 0 Å². The number of rotatable bonds is 4. The third-order valence-electron chi connectivity index (χ3n) is 4.10. The highest BCUT2D eigenvalue weighted by Gasteiger charge is 2.40. The van der Waals surface area contributed by atoms with Gasteiger partial charge in [0, 0.05) is 32.7 Å². The summed E-state index contributed by atoms with van der Waals surface area (Å²) in [5, 5.41) is 0. The maximum absolute atomic E-state index is 6.14. The molecule has 0 unspecified atom stereocenters. The van der Waals surface area contributed by atoms with Gasteiger partial charge < -0.3 is 13.9 Å². The number of morpholine rings is 1. The first-order valence-corrected chi connectivity index (χ1v) is 7.59. The normalized spacial score (nSPS) is 28.6. The summed E-state index contributed by atoms with van der Waals surface area (Å²) in [6, 6.07) is 3.96. The lowest BCUT2D eigenvalue weighted by atomic mass is 10.0. The maximum atomic E-state index is 6.14. The number of furan rings is 1. The van der Waals surface area contributed by atoms with Crippen molar-refractivity contribution in [2.24, 2.45) is 0 Å². The molecule has 0 N–H and O–H groups in total. The predicted octanol–water partition coefficient (Wildman–Crippen LogP) is 1.37. The van der Waals surface area contributed by atoms with Crippen molar-refractivity contribution >= 4 is 0 Å². The van der Waals surface area contributed by atoms with Crippen LogP contribution in [0.2, 0.25) is 0 Å². The second-order valence-electron chi connectivity index (χ2n) is 5.90. The molecule has 3 heterocycles. The Morgan fingerprint density at radius 3 is 2.90 bits per heavy atom. The minimum Gasteiger partial charge on any atom is -0.468 e. The molecule has 0 amide bonds. The van der Waals surface area contributed by atoms with Crippen molar-refractivity contribution in [3.63, 3.8) is 0 Å². The molecule has 2 saturated heterocycles. The molecule has 0 saturated carbocycles. The first-order valence-electron chi connectivity index (χ1n) is 7.59. The number of ether oxygens (including phenoxy) is 2. The second kappa shape index (κ2) is 6.75. The first-order chi connectivity index (χ1) is 10.3. The van der Waals surface area contributed by atoms with E-state index in [0.29, 0.717) is 6.61 Å². The molecule has 0 aromatic carbocycles. The summed E-state index contributed by atoms with van der Waals surface area (Å²) in [7, 11) is 0. The predicted molar refractivity (Wildman–Crippen MR) is 80.1 cm³/mol. The number of nitrogens with zero attached hydrogens (tertiary/aromatic N) is 2. The van der Waals surface area contributed by atoms with Gasteiger partial charge in [-0.05, 0) is 12.1 Å². The molecular formula is C16H24N2O3. The quantitative estimate of drug-likeness (QED) is 0.784. The lowest BCUT2D eigenvalue weighted by Crippen LogP contribution is -2.58. The van der Waals surface area contributed by atoms with Crippen molar-refractivity contribution in [2.45, 2.75) is 12.1 Å². The lowest BCUT2D eigenvalue weighted by Gasteiger charge is -2.43. The van der Waals surface area contributed by atoms with Crippen molar-refractivity contribution in [3.05, 3.63) is 36.8 Å². The summed E-state index contributed by atoms with van der Waals surface area (Å²) >= 11 is 0. The minimum atomic E-state index is -0.232. The van der Waals surface area contributed by atoms with Crippen molar-refractivity contribution in [3.8, 4) is 0 Å². The lowest BCUT2D eigenvalue weighted by molar-refractivity contribution is -0.143. The summed E-state index contributed by atoms with van der Waals surface area (Å²) in [4.78, 5) is 4.75. The van der Waals surface area contributed by atoms with Crippen molar-refractivity contribution in [1.82, 2.24) is 9.80 Å². The van der Waals surface area contributed by atoms with E-state index in [1.165, 1.54) is 0 Å². The van der Waals surface area contributed by atoms with Gasteiger partial charge in [-0.15, -0.1) is 6.58 Å². The SMILES string of the molecule is C=CCN1CCOC[C@]2(C1)CN(Cc1ccco1)CCO2. The molecule has 3 rings (SSSR count). The molecule has 0 bridgehead atoms. The third-order valence-corrected chi connectivity index (χ3v) is 4.10. The monoisotopic (exact) mass is 292 g/mol. The fraction of sp³-hybridized carbons (Fsp3) is 0.625. The van der Waals surface area contributed by atoms with E-state index < -0.39 is 0 Å². The Hall–Kier alpha value is -1.14. The minimum absolute atomic E-state index is 0.232. The van der Waals surface area contributed by atoms with Crippen LogP contribution in [-0.4, -0.2) is 67.9 Å². The van der Waals surface area contributed by atoms with Crippen LogP contribution in [0.5, 0.6) is 0 Å². The van der Waals surface area contributed by atoms with Crippen molar-refractivity contribution < 1.29 is 13.9 Å². The summed E-state index contributed by atoms with van der Waals surface area (Å²) in [6.45, 7) is 11.4. The van der Waals surface area contributed by atoms with Crippen LogP contribution < -0.4 is 0 Å². The molecule has 1 aromatic rings. The summed E-state index contributed by atoms with van der Waals surface area (Å²) in [6.07, 6.45) is 3.68. The van der Waals surface area contributed by atoms with Gasteiger partial charge in [-0.1, -0.05) is 6.08 Å². The Balaban J connectivity index is 1.66. The molecule has 2 aliphatic rings. The first kappa shape index (κ1) is 14.8. The van der Waals surface area contributed by atoms with Gasteiger partial charge in [-0.25, -0.2) is 0 Å². The van der Waals surface area contributed by atoms with Crippen LogP contribution in [0.1, 0.15) is 5.76 Å². The second-order valence-corrected chi connectivity index (χ2v) is 5.90. The molecule has 2 aliphatic heterocycles. The topological polar surface area (TPSA) is 38.1 Å². The van der Waals surface area contributed by atoms with Crippen molar-refractivity contribution in [1.29, 1.82) is 0 Å². The van der Waals surface area contributed by atoms with Gasteiger partial charge in [-0.3, -0.25) is 9.80 Å². The van der Waals surface area contributed by atoms with Crippen LogP contribution in [0.15, 0.2) is 35.5 Å². The van der Waals surface area contributed by atoms with Crippen LogP contribution >= 0.6 is 0 Å². The van der Waals surface area contributed by atoms with E-state index in [9.17, 15) is 0 Å². The van der Waals surface area contributed by atoms with E-state index in [0.717, 1.165) is 58.2 Å².